The molecule has 1 heterocycles. The van der Waals surface area contributed by atoms with Gasteiger partial charge in [0.05, 0.1) is 19.4 Å². The molecular formula is C11H17N3O5S. The van der Waals surface area contributed by atoms with Gasteiger partial charge < -0.3 is 9.84 Å². The molecule has 0 radical (unpaired) electrons. The van der Waals surface area contributed by atoms with Crippen LogP contribution in [-0.2, 0) is 14.8 Å². The molecule has 0 saturated heterocycles. The summed E-state index contributed by atoms with van der Waals surface area (Å²) < 4.78 is 30.5. The highest BCUT2D eigenvalue weighted by Gasteiger charge is 2.30. The normalized spacial score (nSPS) is 11.6. The number of carbonyl (C=O) groups is 1. The van der Waals surface area contributed by atoms with Gasteiger partial charge in [-0.25, -0.2) is 13.2 Å². The Morgan fingerprint density at radius 3 is 2.90 bits per heavy atom. The number of rotatable bonds is 8. The number of nitrogens with one attached hydrogen (secondary N) is 1. The largest absolute Gasteiger partial charge is 0.462 e. The van der Waals surface area contributed by atoms with Crippen molar-refractivity contribution < 1.29 is 23.1 Å². The average Bonchev–Trinajstić information content (AvgIpc) is 2.88. The summed E-state index contributed by atoms with van der Waals surface area (Å²) in [7, 11) is -3.99. The lowest BCUT2D eigenvalue weighted by Crippen LogP contribution is -2.34. The Morgan fingerprint density at radius 2 is 2.35 bits per heavy atom. The minimum Gasteiger partial charge on any atom is -0.462 e. The number of aromatic amines is 1. The van der Waals surface area contributed by atoms with Gasteiger partial charge in [-0.3, -0.25) is 5.10 Å². The molecule has 8 nitrogen and oxygen atoms in total. The zero-order valence-electron chi connectivity index (χ0n) is 11.1. The summed E-state index contributed by atoms with van der Waals surface area (Å²) in [6.45, 7) is 4.73. The third-order valence-electron chi connectivity index (χ3n) is 2.38. The number of ether oxygens (including phenoxy) is 1. The number of nitrogens with zero attached hydrogens (tertiary/aromatic N) is 2. The van der Waals surface area contributed by atoms with Crippen LogP contribution in [0, 0.1) is 0 Å². The van der Waals surface area contributed by atoms with E-state index >= 15 is 0 Å². The molecule has 1 aromatic heterocycles. The molecule has 20 heavy (non-hydrogen) atoms. The van der Waals surface area contributed by atoms with Crippen molar-refractivity contribution in [3.8, 4) is 0 Å². The maximum Gasteiger partial charge on any atom is 0.342 e. The summed E-state index contributed by atoms with van der Waals surface area (Å²) in [5.41, 5.74) is -0.168. The van der Waals surface area contributed by atoms with Gasteiger partial charge in [-0.1, -0.05) is 6.08 Å². The van der Waals surface area contributed by atoms with Crippen LogP contribution in [0.15, 0.2) is 23.9 Å². The Morgan fingerprint density at radius 1 is 1.65 bits per heavy atom. The van der Waals surface area contributed by atoms with Gasteiger partial charge in [-0.2, -0.15) is 9.40 Å². The van der Waals surface area contributed by atoms with E-state index in [1.165, 1.54) is 6.08 Å². The summed E-state index contributed by atoms with van der Waals surface area (Å²) >= 11 is 0. The van der Waals surface area contributed by atoms with Crippen molar-refractivity contribution in [2.45, 2.75) is 11.9 Å². The molecule has 0 aliphatic carbocycles. The van der Waals surface area contributed by atoms with Crippen molar-refractivity contribution in [2.75, 3.05) is 26.3 Å². The molecule has 9 heteroatoms. The van der Waals surface area contributed by atoms with E-state index in [0.29, 0.717) is 0 Å². The minimum absolute atomic E-state index is 0.00415. The van der Waals surface area contributed by atoms with Gasteiger partial charge in [0.2, 0.25) is 0 Å². The van der Waals surface area contributed by atoms with Crippen molar-refractivity contribution in [3.63, 3.8) is 0 Å². The van der Waals surface area contributed by atoms with E-state index in [9.17, 15) is 13.2 Å². The Balaban J connectivity index is 3.17. The van der Waals surface area contributed by atoms with Crippen molar-refractivity contribution in [1.29, 1.82) is 0 Å². The molecular weight excluding hydrogens is 286 g/mol. The summed E-state index contributed by atoms with van der Waals surface area (Å²) in [5.74, 6) is -0.776. The van der Waals surface area contributed by atoms with E-state index in [4.69, 9.17) is 9.84 Å². The summed E-state index contributed by atoms with van der Waals surface area (Å²) in [6, 6.07) is 0. The summed E-state index contributed by atoms with van der Waals surface area (Å²) in [5, 5.41) is 14.4. The zero-order valence-corrected chi connectivity index (χ0v) is 11.9. The third-order valence-corrected chi connectivity index (χ3v) is 4.22. The average molecular weight is 303 g/mol. The van der Waals surface area contributed by atoms with Crippen LogP contribution in [0.5, 0.6) is 0 Å². The quantitative estimate of drug-likeness (QED) is 0.506. The summed E-state index contributed by atoms with van der Waals surface area (Å²) in [4.78, 5) is 11.7. The molecule has 0 amide bonds. The third kappa shape index (κ3) is 3.44. The Labute approximate surface area is 117 Å². The number of esters is 1. The van der Waals surface area contributed by atoms with E-state index in [1.54, 1.807) is 6.92 Å². The van der Waals surface area contributed by atoms with E-state index in [-0.39, 0.29) is 36.9 Å². The molecule has 0 spiro atoms. The van der Waals surface area contributed by atoms with Crippen LogP contribution in [0.25, 0.3) is 0 Å². The molecule has 0 fully saturated rings. The van der Waals surface area contributed by atoms with Gasteiger partial charge in [-0.15, -0.1) is 6.58 Å². The molecule has 0 aromatic carbocycles. The number of hydrogen-bond donors (Lipinski definition) is 2. The lowest BCUT2D eigenvalue weighted by Gasteiger charge is -2.18. The number of carbonyl (C=O) groups excluding carboxylic acids is 1. The highest BCUT2D eigenvalue weighted by molar-refractivity contribution is 7.89. The van der Waals surface area contributed by atoms with Crippen LogP contribution in [-0.4, -0.2) is 60.3 Å². The second-order valence-corrected chi connectivity index (χ2v) is 5.58. The number of sulfonamides is 1. The van der Waals surface area contributed by atoms with E-state index < -0.39 is 16.0 Å². The Kier molecular flexibility index (Phi) is 5.86. The van der Waals surface area contributed by atoms with Gasteiger partial charge >= 0.3 is 5.97 Å². The predicted octanol–water partition coefficient (Wildman–Crippen LogP) is -0.245. The molecule has 1 rings (SSSR count). The first-order valence-electron chi connectivity index (χ1n) is 5.91. The van der Waals surface area contributed by atoms with Crippen molar-refractivity contribution in [1.82, 2.24) is 14.5 Å². The van der Waals surface area contributed by atoms with E-state index in [2.05, 4.69) is 16.8 Å². The molecule has 0 atom stereocenters. The maximum absolute atomic E-state index is 12.4. The second-order valence-electron chi connectivity index (χ2n) is 3.71. The van der Waals surface area contributed by atoms with Gasteiger partial charge in [0.1, 0.15) is 5.56 Å². The van der Waals surface area contributed by atoms with Crippen LogP contribution in [0.3, 0.4) is 0 Å². The van der Waals surface area contributed by atoms with Gasteiger partial charge in [-0.05, 0) is 6.92 Å². The topological polar surface area (TPSA) is 113 Å². The lowest BCUT2D eigenvalue weighted by molar-refractivity contribution is 0.0521. The van der Waals surface area contributed by atoms with Gasteiger partial charge in [0.15, 0.2) is 5.03 Å². The number of aliphatic hydroxyl groups is 1. The Hall–Kier alpha value is -1.71. The number of aliphatic hydroxyl groups excluding tert-OH is 1. The van der Waals surface area contributed by atoms with Crippen LogP contribution < -0.4 is 0 Å². The van der Waals surface area contributed by atoms with Crippen molar-refractivity contribution in [3.05, 3.63) is 24.4 Å². The molecule has 112 valence electrons. The van der Waals surface area contributed by atoms with Crippen LogP contribution in [0.4, 0.5) is 0 Å². The van der Waals surface area contributed by atoms with Crippen LogP contribution in [0.2, 0.25) is 0 Å². The minimum atomic E-state index is -3.99. The first-order valence-corrected chi connectivity index (χ1v) is 7.35. The fraction of sp³-hybridized carbons (Fsp3) is 0.455. The smallest absolute Gasteiger partial charge is 0.342 e. The van der Waals surface area contributed by atoms with Crippen molar-refractivity contribution in [2.24, 2.45) is 0 Å². The van der Waals surface area contributed by atoms with Crippen LogP contribution >= 0.6 is 0 Å². The second kappa shape index (κ2) is 7.17. The first-order chi connectivity index (χ1) is 9.48. The monoisotopic (exact) mass is 303 g/mol. The fourth-order valence-electron chi connectivity index (χ4n) is 1.52. The molecule has 0 saturated carbocycles. The molecule has 1 aromatic rings. The molecule has 0 bridgehead atoms. The molecule has 0 aliphatic heterocycles. The van der Waals surface area contributed by atoms with Gasteiger partial charge in [0, 0.05) is 13.1 Å². The van der Waals surface area contributed by atoms with E-state index in [1.807, 2.05) is 0 Å². The summed E-state index contributed by atoms with van der Waals surface area (Å²) in [6.07, 6.45) is 2.48. The highest BCUT2D eigenvalue weighted by atomic mass is 32.2. The standard InChI is InChI=1S/C11H17N3O5S/c1-3-5-14(6-7-15)20(17,18)10-9(8-12-13-10)11(16)19-4-2/h3,8,15H,1,4-7H2,2H3,(H,12,13). The number of hydrogen-bond acceptors (Lipinski definition) is 6. The molecule has 2 N–H and O–H groups in total. The lowest BCUT2D eigenvalue weighted by atomic mass is 10.4. The van der Waals surface area contributed by atoms with Crippen LogP contribution in [0.1, 0.15) is 17.3 Å². The predicted molar refractivity (Wildman–Crippen MR) is 70.6 cm³/mol. The maximum atomic E-state index is 12.4. The molecule has 0 unspecified atom stereocenters. The fourth-order valence-corrected chi connectivity index (χ4v) is 2.98. The molecule has 0 aliphatic rings. The zero-order chi connectivity index (χ0) is 15.2. The highest BCUT2D eigenvalue weighted by Crippen LogP contribution is 2.18. The van der Waals surface area contributed by atoms with Gasteiger partial charge in [0.25, 0.3) is 10.0 Å². The van der Waals surface area contributed by atoms with E-state index in [0.717, 1.165) is 10.5 Å². The SMILES string of the molecule is C=CCN(CCO)S(=O)(=O)c1[nH]ncc1C(=O)OCC. The first kappa shape index (κ1) is 16.3. The Bertz CT molecular complexity index is 566. The number of aromatic nitrogens is 2. The van der Waals surface area contributed by atoms with Crippen molar-refractivity contribution >= 4 is 16.0 Å². The number of H-pyrrole nitrogens is 1.